The number of ether oxygens (including phenoxy) is 1. The van der Waals surface area contributed by atoms with Crippen molar-refractivity contribution in [3.8, 4) is 11.4 Å². The highest BCUT2D eigenvalue weighted by atomic mass is 35.5. The molecule has 4 aromatic rings. The molecule has 0 bridgehead atoms. The molecule has 1 aliphatic heterocycles. The van der Waals surface area contributed by atoms with Crippen LogP contribution in [0.15, 0.2) is 60.9 Å². The molecule has 5 rings (SSSR count). The Morgan fingerprint density at radius 1 is 1.15 bits per heavy atom. The lowest BCUT2D eigenvalue weighted by Crippen LogP contribution is -2.24. The lowest BCUT2D eigenvalue weighted by Gasteiger charge is -2.18. The molecule has 3 heterocycles. The van der Waals surface area contributed by atoms with E-state index in [-0.39, 0.29) is 0 Å². The maximum atomic E-state index is 6.61. The fraction of sp³-hybridized carbons (Fsp3) is 0.190. The zero-order chi connectivity index (χ0) is 18.2. The van der Waals surface area contributed by atoms with Gasteiger partial charge in [-0.1, -0.05) is 29.8 Å². The van der Waals surface area contributed by atoms with Gasteiger partial charge in [-0.25, -0.2) is 4.37 Å². The summed E-state index contributed by atoms with van der Waals surface area (Å²) in [6.45, 7) is 3.18. The molecule has 1 aliphatic rings. The highest BCUT2D eigenvalue weighted by molar-refractivity contribution is 7.05. The van der Waals surface area contributed by atoms with Gasteiger partial charge in [-0.15, -0.1) is 0 Å². The largest absolute Gasteiger partial charge is 0.490 e. The molecule has 0 atom stereocenters. The number of para-hydroxylation sites is 1. The van der Waals surface area contributed by atoms with Gasteiger partial charge in [-0.2, -0.15) is 0 Å². The highest BCUT2D eigenvalue weighted by Gasteiger charge is 2.20. The van der Waals surface area contributed by atoms with Gasteiger partial charge in [-0.3, -0.25) is 4.90 Å². The van der Waals surface area contributed by atoms with Crippen LogP contribution in [0, 0.1) is 0 Å². The van der Waals surface area contributed by atoms with E-state index in [0.29, 0.717) is 11.6 Å². The number of hydrogen-bond acceptors (Lipinski definition) is 4. The van der Waals surface area contributed by atoms with Gasteiger partial charge in [0.25, 0.3) is 0 Å². The molecule has 0 saturated heterocycles. The summed E-state index contributed by atoms with van der Waals surface area (Å²) in [6, 6.07) is 16.8. The minimum absolute atomic E-state index is 0.636. The van der Waals surface area contributed by atoms with Crippen LogP contribution in [0.2, 0.25) is 5.02 Å². The van der Waals surface area contributed by atoms with Crippen LogP contribution in [0.4, 0.5) is 0 Å². The monoisotopic (exact) mass is 395 g/mol. The third-order valence-corrected chi connectivity index (χ3v) is 5.91. The summed E-state index contributed by atoms with van der Waals surface area (Å²) in [4.78, 5) is 3.64. The third kappa shape index (κ3) is 3.23. The summed E-state index contributed by atoms with van der Waals surface area (Å²) in [5, 5.41) is 1.88. The van der Waals surface area contributed by atoms with Crippen LogP contribution in [0.3, 0.4) is 0 Å². The molecule has 0 amide bonds. The third-order valence-electron chi connectivity index (χ3n) is 4.90. The standard InChI is InChI=1S/C21H18ClN3OS/c22-19-12-17(25-8-6-15-3-1-2-4-20(15)25)11-16-13-24(9-10-26-21(16)19)14-18-5-7-23-27-18/h1-8,11-12H,9-10,13-14H2. The molecular weight excluding hydrogens is 378 g/mol. The number of hydrogen-bond donors (Lipinski definition) is 0. The molecule has 0 aliphatic carbocycles. The van der Waals surface area contributed by atoms with Crippen molar-refractivity contribution in [3.63, 3.8) is 0 Å². The Balaban J connectivity index is 1.53. The van der Waals surface area contributed by atoms with Gasteiger partial charge in [0.05, 0.1) is 10.5 Å². The van der Waals surface area contributed by atoms with Crippen LogP contribution in [-0.2, 0) is 13.1 Å². The van der Waals surface area contributed by atoms with Gasteiger partial charge < -0.3 is 9.30 Å². The van der Waals surface area contributed by atoms with Crippen molar-refractivity contribution >= 4 is 34.0 Å². The van der Waals surface area contributed by atoms with Crippen molar-refractivity contribution < 1.29 is 4.74 Å². The Bertz CT molecular complexity index is 1090. The van der Waals surface area contributed by atoms with E-state index < -0.39 is 0 Å². The number of nitrogens with zero attached hydrogens (tertiary/aromatic N) is 3. The van der Waals surface area contributed by atoms with Crippen molar-refractivity contribution in [1.29, 1.82) is 0 Å². The first-order valence-corrected chi connectivity index (χ1v) is 10.1. The van der Waals surface area contributed by atoms with E-state index in [9.17, 15) is 0 Å². The Morgan fingerprint density at radius 3 is 2.96 bits per heavy atom. The summed E-state index contributed by atoms with van der Waals surface area (Å²) >= 11 is 8.16. The number of benzene rings is 2. The van der Waals surface area contributed by atoms with Crippen LogP contribution in [0.5, 0.6) is 5.75 Å². The fourth-order valence-corrected chi connectivity index (χ4v) is 4.54. The Morgan fingerprint density at radius 2 is 2.07 bits per heavy atom. The van der Waals surface area contributed by atoms with Crippen LogP contribution < -0.4 is 4.74 Å². The Kier molecular flexibility index (Phi) is 4.36. The smallest absolute Gasteiger partial charge is 0.142 e. The molecule has 0 radical (unpaired) electrons. The molecule has 0 unspecified atom stereocenters. The minimum atomic E-state index is 0.636. The molecule has 0 spiro atoms. The van der Waals surface area contributed by atoms with Crippen molar-refractivity contribution in [2.75, 3.05) is 13.2 Å². The van der Waals surface area contributed by atoms with Crippen LogP contribution in [0.25, 0.3) is 16.6 Å². The Labute approximate surface area is 166 Å². The average Bonchev–Trinajstić information content (AvgIpc) is 3.28. The second kappa shape index (κ2) is 7.00. The van der Waals surface area contributed by atoms with Gasteiger partial charge >= 0.3 is 0 Å². The zero-order valence-electron chi connectivity index (χ0n) is 14.6. The summed E-state index contributed by atoms with van der Waals surface area (Å²) < 4.78 is 12.4. The maximum absolute atomic E-state index is 6.61. The quantitative estimate of drug-likeness (QED) is 0.481. The normalized spacial score (nSPS) is 14.7. The van der Waals surface area contributed by atoms with Gasteiger partial charge in [0.2, 0.25) is 0 Å². The molecule has 6 heteroatoms. The highest BCUT2D eigenvalue weighted by Crippen LogP contribution is 2.35. The zero-order valence-corrected chi connectivity index (χ0v) is 16.2. The fourth-order valence-electron chi connectivity index (χ4n) is 3.64. The molecular formula is C21H18ClN3OS. The predicted octanol–water partition coefficient (Wildman–Crippen LogP) is 5.14. The van der Waals surface area contributed by atoms with E-state index in [1.54, 1.807) is 11.5 Å². The first-order valence-electron chi connectivity index (χ1n) is 8.91. The minimum Gasteiger partial charge on any atom is -0.490 e. The van der Waals surface area contributed by atoms with E-state index in [1.165, 1.54) is 15.8 Å². The number of aromatic nitrogens is 2. The SMILES string of the molecule is Clc1cc(-n2ccc3ccccc32)cc2c1OCCN(Cc1ccns1)C2. The summed E-state index contributed by atoms with van der Waals surface area (Å²) in [6.07, 6.45) is 3.95. The molecule has 136 valence electrons. The van der Waals surface area contributed by atoms with E-state index in [4.69, 9.17) is 16.3 Å². The topological polar surface area (TPSA) is 30.3 Å². The number of halogens is 1. The Hall–Kier alpha value is -2.34. The van der Waals surface area contributed by atoms with Crippen molar-refractivity contribution in [1.82, 2.24) is 13.8 Å². The van der Waals surface area contributed by atoms with Crippen LogP contribution >= 0.6 is 23.1 Å². The van der Waals surface area contributed by atoms with Crippen molar-refractivity contribution in [2.45, 2.75) is 13.1 Å². The molecule has 0 N–H and O–H groups in total. The molecule has 0 fully saturated rings. The van der Waals surface area contributed by atoms with E-state index >= 15 is 0 Å². The summed E-state index contributed by atoms with van der Waals surface area (Å²) in [5.74, 6) is 0.809. The van der Waals surface area contributed by atoms with Gasteiger partial charge in [0, 0.05) is 48.2 Å². The summed E-state index contributed by atoms with van der Waals surface area (Å²) in [5.41, 5.74) is 3.35. The average molecular weight is 396 g/mol. The van der Waals surface area contributed by atoms with Crippen LogP contribution in [0.1, 0.15) is 10.4 Å². The molecule has 2 aromatic heterocycles. The van der Waals surface area contributed by atoms with Crippen molar-refractivity contribution in [2.24, 2.45) is 0 Å². The van der Waals surface area contributed by atoms with Crippen molar-refractivity contribution in [3.05, 3.63) is 76.4 Å². The van der Waals surface area contributed by atoms with E-state index in [1.807, 2.05) is 12.3 Å². The predicted molar refractivity (Wildman–Crippen MR) is 110 cm³/mol. The van der Waals surface area contributed by atoms with Crippen LogP contribution in [-0.4, -0.2) is 27.0 Å². The van der Waals surface area contributed by atoms with Gasteiger partial charge in [-0.05, 0) is 47.3 Å². The molecule has 4 nitrogen and oxygen atoms in total. The lowest BCUT2D eigenvalue weighted by atomic mass is 10.1. The lowest BCUT2D eigenvalue weighted by molar-refractivity contribution is 0.221. The molecule has 2 aromatic carbocycles. The first kappa shape index (κ1) is 16.8. The molecule has 27 heavy (non-hydrogen) atoms. The number of rotatable bonds is 3. The van der Waals surface area contributed by atoms with E-state index in [0.717, 1.165) is 36.6 Å². The molecule has 0 saturated carbocycles. The number of fused-ring (bicyclic) bond motifs is 2. The second-order valence-electron chi connectivity index (χ2n) is 6.70. The first-order chi connectivity index (χ1) is 13.3. The second-order valence-corrected chi connectivity index (χ2v) is 8.02. The maximum Gasteiger partial charge on any atom is 0.142 e. The van der Waals surface area contributed by atoms with Gasteiger partial charge in [0.1, 0.15) is 12.4 Å². The summed E-state index contributed by atoms with van der Waals surface area (Å²) in [7, 11) is 0. The van der Waals surface area contributed by atoms with Gasteiger partial charge in [0.15, 0.2) is 0 Å². The van der Waals surface area contributed by atoms with E-state index in [2.05, 4.69) is 62.5 Å².